The number of nitrogens with one attached hydrogen (secondary N) is 2. The fraction of sp³-hybridized carbons (Fsp3) is 0.0833. The number of nitrogens with zero attached hydrogens (tertiary/aromatic N) is 2. The predicted molar refractivity (Wildman–Crippen MR) is 122 cm³/mol. The monoisotopic (exact) mass is 412 g/mol. The van der Waals surface area contributed by atoms with E-state index in [0.29, 0.717) is 35.3 Å². The molecule has 0 atom stereocenters. The van der Waals surface area contributed by atoms with E-state index >= 15 is 0 Å². The van der Waals surface area contributed by atoms with Crippen LogP contribution in [0.5, 0.6) is 0 Å². The number of nitro benzene ring substituents is 1. The summed E-state index contributed by atoms with van der Waals surface area (Å²) in [6, 6.07) is 21.6. The third kappa shape index (κ3) is 4.84. The number of nitro groups is 1. The van der Waals surface area contributed by atoms with Gasteiger partial charge in [0.2, 0.25) is 5.91 Å². The van der Waals surface area contributed by atoms with Crippen molar-refractivity contribution in [2.24, 2.45) is 0 Å². The minimum Gasteiger partial charge on any atom is -0.350 e. The molecule has 0 aliphatic rings. The van der Waals surface area contributed by atoms with Gasteiger partial charge in [0.25, 0.3) is 5.69 Å². The van der Waals surface area contributed by atoms with Crippen molar-refractivity contribution >= 4 is 39.4 Å². The van der Waals surface area contributed by atoms with Crippen molar-refractivity contribution < 1.29 is 9.72 Å². The van der Waals surface area contributed by atoms with Gasteiger partial charge in [0.05, 0.1) is 10.3 Å². The molecule has 7 nitrogen and oxygen atoms in total. The molecule has 154 valence electrons. The van der Waals surface area contributed by atoms with Crippen molar-refractivity contribution in [2.75, 3.05) is 10.6 Å². The second kappa shape index (κ2) is 9.04. The van der Waals surface area contributed by atoms with E-state index in [9.17, 15) is 14.9 Å². The van der Waals surface area contributed by atoms with Crippen LogP contribution < -0.4 is 10.6 Å². The lowest BCUT2D eigenvalue weighted by atomic mass is 10.1. The van der Waals surface area contributed by atoms with Crippen molar-refractivity contribution in [1.82, 2.24) is 4.98 Å². The second-order valence-electron chi connectivity index (χ2n) is 7.05. The van der Waals surface area contributed by atoms with E-state index in [2.05, 4.69) is 15.6 Å². The van der Waals surface area contributed by atoms with Crippen LogP contribution in [0.1, 0.15) is 12.0 Å². The Bertz CT molecular complexity index is 1220. The van der Waals surface area contributed by atoms with Crippen LogP contribution in [0.25, 0.3) is 10.8 Å². The van der Waals surface area contributed by atoms with Crippen LogP contribution in [0, 0.1) is 10.1 Å². The fourth-order valence-electron chi connectivity index (χ4n) is 3.37. The van der Waals surface area contributed by atoms with E-state index in [1.54, 1.807) is 54.9 Å². The summed E-state index contributed by atoms with van der Waals surface area (Å²) in [5, 5.41) is 19.0. The largest absolute Gasteiger partial charge is 0.350 e. The fourth-order valence-corrected chi connectivity index (χ4v) is 3.37. The molecule has 0 fully saturated rings. The first kappa shape index (κ1) is 20.0. The van der Waals surface area contributed by atoms with Crippen molar-refractivity contribution in [3.05, 3.63) is 101 Å². The summed E-state index contributed by atoms with van der Waals surface area (Å²) in [6.07, 6.45) is 4.42. The van der Waals surface area contributed by atoms with Gasteiger partial charge in [-0.05, 0) is 59.8 Å². The molecule has 0 bridgehead atoms. The van der Waals surface area contributed by atoms with Gasteiger partial charge in [-0.3, -0.25) is 19.9 Å². The number of anilines is 3. The molecule has 0 unspecified atom stereocenters. The zero-order chi connectivity index (χ0) is 21.6. The molecule has 0 radical (unpaired) electrons. The number of hydrogen-bond acceptors (Lipinski definition) is 5. The van der Waals surface area contributed by atoms with Gasteiger partial charge in [-0.1, -0.05) is 30.3 Å². The van der Waals surface area contributed by atoms with Crippen molar-refractivity contribution in [2.45, 2.75) is 12.8 Å². The SMILES string of the molecule is O=C(CCc1cccnc1)Nc1ccc(Nc2ccc3ccccc3c2[N+](=O)[O-])cc1. The van der Waals surface area contributed by atoms with Crippen molar-refractivity contribution in [1.29, 1.82) is 0 Å². The highest BCUT2D eigenvalue weighted by atomic mass is 16.6. The van der Waals surface area contributed by atoms with E-state index in [-0.39, 0.29) is 16.5 Å². The standard InChI is InChI=1S/C24H20N4O3/c29-23(14-7-17-4-3-15-25-16-17)27-20-11-9-19(10-12-20)26-22-13-8-18-5-1-2-6-21(18)24(22)28(30)31/h1-6,8-13,15-16,26H,7,14H2,(H,27,29). The third-order valence-corrected chi connectivity index (χ3v) is 4.89. The van der Waals surface area contributed by atoms with Gasteiger partial charge in [-0.15, -0.1) is 0 Å². The molecule has 0 aliphatic heterocycles. The Balaban J connectivity index is 1.43. The van der Waals surface area contributed by atoms with Crippen LogP contribution in [-0.4, -0.2) is 15.8 Å². The molecule has 4 aromatic rings. The molecule has 0 spiro atoms. The molecule has 0 saturated carbocycles. The maximum atomic E-state index is 12.2. The van der Waals surface area contributed by atoms with Crippen LogP contribution in [-0.2, 0) is 11.2 Å². The zero-order valence-electron chi connectivity index (χ0n) is 16.6. The molecule has 1 amide bonds. The summed E-state index contributed by atoms with van der Waals surface area (Å²) in [4.78, 5) is 27.5. The molecule has 1 heterocycles. The average Bonchev–Trinajstić information content (AvgIpc) is 2.79. The van der Waals surface area contributed by atoms with Crippen LogP contribution >= 0.6 is 0 Å². The summed E-state index contributed by atoms with van der Waals surface area (Å²) in [6.45, 7) is 0. The highest BCUT2D eigenvalue weighted by Gasteiger charge is 2.18. The first-order valence-corrected chi connectivity index (χ1v) is 9.82. The third-order valence-electron chi connectivity index (χ3n) is 4.89. The highest BCUT2D eigenvalue weighted by Crippen LogP contribution is 2.35. The number of aromatic nitrogens is 1. The Kier molecular flexibility index (Phi) is 5.84. The molecule has 1 aromatic heterocycles. The lowest BCUT2D eigenvalue weighted by molar-refractivity contribution is -0.382. The van der Waals surface area contributed by atoms with E-state index < -0.39 is 0 Å². The molecule has 2 N–H and O–H groups in total. The number of carbonyl (C=O) groups excluding carboxylic acids is 1. The molecule has 7 heteroatoms. The number of rotatable bonds is 7. The molecular formula is C24H20N4O3. The van der Waals surface area contributed by atoms with E-state index in [1.807, 2.05) is 30.3 Å². The molecular weight excluding hydrogens is 392 g/mol. The van der Waals surface area contributed by atoms with Gasteiger partial charge in [0.1, 0.15) is 5.69 Å². The summed E-state index contributed by atoms with van der Waals surface area (Å²) in [7, 11) is 0. The first-order valence-electron chi connectivity index (χ1n) is 9.82. The Morgan fingerprint density at radius 2 is 1.71 bits per heavy atom. The Morgan fingerprint density at radius 3 is 2.45 bits per heavy atom. The quantitative estimate of drug-likeness (QED) is 0.310. The van der Waals surface area contributed by atoms with Crippen LogP contribution in [0.4, 0.5) is 22.7 Å². The summed E-state index contributed by atoms with van der Waals surface area (Å²) in [5.41, 5.74) is 2.80. The summed E-state index contributed by atoms with van der Waals surface area (Å²) >= 11 is 0. The molecule has 31 heavy (non-hydrogen) atoms. The minimum absolute atomic E-state index is 0.0332. The minimum atomic E-state index is -0.373. The predicted octanol–water partition coefficient (Wildman–Crippen LogP) is 5.46. The topological polar surface area (TPSA) is 97.2 Å². The van der Waals surface area contributed by atoms with Gasteiger partial charge in [-0.2, -0.15) is 0 Å². The highest BCUT2D eigenvalue weighted by molar-refractivity contribution is 5.97. The lowest BCUT2D eigenvalue weighted by Gasteiger charge is -2.10. The van der Waals surface area contributed by atoms with Crippen LogP contribution in [0.15, 0.2) is 85.2 Å². The first-order chi connectivity index (χ1) is 15.1. The Labute approximate surface area is 178 Å². The smallest absolute Gasteiger partial charge is 0.300 e. The van der Waals surface area contributed by atoms with Gasteiger partial charge >= 0.3 is 0 Å². The second-order valence-corrected chi connectivity index (χ2v) is 7.05. The van der Waals surface area contributed by atoms with E-state index in [0.717, 1.165) is 10.9 Å². The maximum Gasteiger partial charge on any atom is 0.300 e. The van der Waals surface area contributed by atoms with Gasteiger partial charge in [0, 0.05) is 30.2 Å². The van der Waals surface area contributed by atoms with Gasteiger partial charge < -0.3 is 10.6 Å². The summed E-state index contributed by atoms with van der Waals surface area (Å²) < 4.78 is 0. The van der Waals surface area contributed by atoms with Crippen LogP contribution in [0.2, 0.25) is 0 Å². The van der Waals surface area contributed by atoms with Gasteiger partial charge in [0.15, 0.2) is 0 Å². The Hall–Kier alpha value is -4.26. The number of aryl methyl sites for hydroxylation is 1. The van der Waals surface area contributed by atoms with Crippen molar-refractivity contribution in [3.63, 3.8) is 0 Å². The Morgan fingerprint density at radius 1 is 0.935 bits per heavy atom. The van der Waals surface area contributed by atoms with Gasteiger partial charge in [-0.25, -0.2) is 0 Å². The average molecular weight is 412 g/mol. The van der Waals surface area contributed by atoms with Crippen molar-refractivity contribution in [3.8, 4) is 0 Å². The number of fused-ring (bicyclic) bond motifs is 1. The normalized spacial score (nSPS) is 10.6. The number of amides is 1. The number of carbonyl (C=O) groups is 1. The molecule has 3 aromatic carbocycles. The maximum absolute atomic E-state index is 12.2. The zero-order valence-corrected chi connectivity index (χ0v) is 16.6. The lowest BCUT2D eigenvalue weighted by Crippen LogP contribution is -2.12. The number of pyridine rings is 1. The number of hydrogen-bond donors (Lipinski definition) is 2. The molecule has 0 aliphatic carbocycles. The number of benzene rings is 3. The van der Waals surface area contributed by atoms with Crippen LogP contribution in [0.3, 0.4) is 0 Å². The van der Waals surface area contributed by atoms with E-state index in [4.69, 9.17) is 0 Å². The molecule has 4 rings (SSSR count). The summed E-state index contributed by atoms with van der Waals surface area (Å²) in [5.74, 6) is -0.0882. The van der Waals surface area contributed by atoms with E-state index in [1.165, 1.54) is 0 Å². The molecule has 0 saturated heterocycles.